The zero-order valence-corrected chi connectivity index (χ0v) is 14.1. The zero-order chi connectivity index (χ0) is 17.0. The van der Waals surface area contributed by atoms with Crippen molar-refractivity contribution < 1.29 is 19.7 Å². The highest BCUT2D eigenvalue weighted by Crippen LogP contribution is 2.35. The molecule has 0 unspecified atom stereocenters. The third-order valence-electron chi connectivity index (χ3n) is 4.23. The number of aliphatic hydroxyl groups excluding tert-OH is 2. The number of benzene rings is 2. The lowest BCUT2D eigenvalue weighted by molar-refractivity contribution is 0.0974. The summed E-state index contributed by atoms with van der Waals surface area (Å²) in [7, 11) is 0. The fourth-order valence-corrected chi connectivity index (χ4v) is 2.71. The molecule has 23 heavy (non-hydrogen) atoms. The Balaban J connectivity index is 2.37. The molecule has 4 heteroatoms. The Morgan fingerprint density at radius 1 is 0.783 bits per heavy atom. The van der Waals surface area contributed by atoms with E-state index in [2.05, 4.69) is 26.0 Å². The van der Waals surface area contributed by atoms with Crippen molar-refractivity contribution in [2.75, 3.05) is 13.6 Å². The third kappa shape index (κ3) is 3.66. The van der Waals surface area contributed by atoms with Crippen molar-refractivity contribution in [3.05, 3.63) is 58.7 Å². The molecule has 124 valence electrons. The van der Waals surface area contributed by atoms with Gasteiger partial charge in [0.25, 0.3) is 0 Å². The van der Waals surface area contributed by atoms with E-state index in [-0.39, 0.29) is 19.0 Å². The van der Waals surface area contributed by atoms with Crippen LogP contribution in [0.15, 0.2) is 36.4 Å². The van der Waals surface area contributed by atoms with E-state index >= 15 is 0 Å². The average Bonchev–Trinajstić information content (AvgIpc) is 2.51. The lowest BCUT2D eigenvalue weighted by Crippen LogP contribution is -2.19. The minimum atomic E-state index is -0.324. The first kappa shape index (κ1) is 17.3. The summed E-state index contributed by atoms with van der Waals surface area (Å²) < 4.78 is 10.4. The van der Waals surface area contributed by atoms with E-state index in [4.69, 9.17) is 19.7 Å². The second kappa shape index (κ2) is 7.02. The molecule has 0 radical (unpaired) electrons. The van der Waals surface area contributed by atoms with Crippen molar-refractivity contribution in [1.82, 2.24) is 0 Å². The molecular formula is C19H24O4. The molecule has 0 heterocycles. The van der Waals surface area contributed by atoms with Gasteiger partial charge >= 0.3 is 0 Å². The summed E-state index contributed by atoms with van der Waals surface area (Å²) in [5.41, 5.74) is 4.11. The van der Waals surface area contributed by atoms with Crippen molar-refractivity contribution in [3.63, 3.8) is 0 Å². The van der Waals surface area contributed by atoms with Gasteiger partial charge in [-0.15, -0.1) is 0 Å². The Hall–Kier alpha value is -2.04. The molecule has 0 spiro atoms. The van der Waals surface area contributed by atoms with Crippen molar-refractivity contribution in [1.29, 1.82) is 0 Å². The van der Waals surface area contributed by atoms with Crippen LogP contribution in [0.5, 0.6) is 11.5 Å². The topological polar surface area (TPSA) is 58.9 Å². The van der Waals surface area contributed by atoms with E-state index in [1.165, 1.54) is 0 Å². The number of hydrogen-bond donors (Lipinski definition) is 2. The first-order valence-corrected chi connectivity index (χ1v) is 7.59. The molecule has 0 aliphatic carbocycles. The van der Waals surface area contributed by atoms with Crippen molar-refractivity contribution in [2.45, 2.75) is 33.1 Å². The van der Waals surface area contributed by atoms with Crippen molar-refractivity contribution in [3.8, 4) is 11.5 Å². The average molecular weight is 316 g/mol. The Morgan fingerprint density at radius 2 is 1.17 bits per heavy atom. The molecule has 0 atom stereocenters. The molecule has 2 N–H and O–H groups in total. The van der Waals surface area contributed by atoms with E-state index in [0.717, 1.165) is 22.3 Å². The van der Waals surface area contributed by atoms with E-state index in [9.17, 15) is 0 Å². The highest BCUT2D eigenvalue weighted by molar-refractivity contribution is 5.47. The maximum Gasteiger partial charge on any atom is 0.186 e. The van der Waals surface area contributed by atoms with Gasteiger partial charge in [-0.3, -0.25) is 0 Å². The zero-order valence-electron chi connectivity index (χ0n) is 14.1. The summed E-state index contributed by atoms with van der Waals surface area (Å²) in [5, 5.41) is 17.8. The van der Waals surface area contributed by atoms with Crippen LogP contribution < -0.4 is 9.47 Å². The van der Waals surface area contributed by atoms with Gasteiger partial charge in [0.2, 0.25) is 0 Å². The second-order valence-corrected chi connectivity index (χ2v) is 6.13. The molecule has 2 aromatic carbocycles. The predicted molar refractivity (Wildman–Crippen MR) is 89.9 cm³/mol. The molecule has 4 nitrogen and oxygen atoms in total. The summed E-state index contributed by atoms with van der Waals surface area (Å²) in [6, 6.07) is 12.0. The number of rotatable bonds is 6. The van der Waals surface area contributed by atoms with Gasteiger partial charge in [-0.05, 0) is 48.2 Å². The SMILES string of the molecule is Cc1cc(C(C)(C)c2ccc(OCO)c(C)c2)ccc1OCO. The van der Waals surface area contributed by atoms with Crippen LogP contribution in [-0.4, -0.2) is 23.8 Å². The molecule has 0 bridgehead atoms. The molecule has 0 fully saturated rings. The van der Waals surface area contributed by atoms with E-state index < -0.39 is 0 Å². The van der Waals surface area contributed by atoms with Crippen LogP contribution in [-0.2, 0) is 5.41 Å². The first-order valence-electron chi connectivity index (χ1n) is 7.59. The highest BCUT2D eigenvalue weighted by Gasteiger charge is 2.24. The fraction of sp³-hybridized carbons (Fsp3) is 0.368. The largest absolute Gasteiger partial charge is 0.467 e. The molecule has 0 saturated heterocycles. The standard InChI is InChI=1S/C19H24O4/c1-13-9-15(5-7-17(13)22-11-20)19(3,4)16-6-8-18(23-12-21)14(2)10-16/h5-10,20-21H,11-12H2,1-4H3. The Morgan fingerprint density at radius 3 is 1.48 bits per heavy atom. The Bertz CT molecular complexity index is 620. The number of hydrogen-bond acceptors (Lipinski definition) is 4. The molecule has 2 rings (SSSR count). The van der Waals surface area contributed by atoms with Gasteiger partial charge in [0, 0.05) is 5.41 Å². The predicted octanol–water partition coefficient (Wildman–Crippen LogP) is 3.29. The Kier molecular flexibility index (Phi) is 5.29. The summed E-state index contributed by atoms with van der Waals surface area (Å²) in [5.74, 6) is 1.38. The summed E-state index contributed by atoms with van der Waals surface area (Å²) in [4.78, 5) is 0. The van der Waals surface area contributed by atoms with Crippen LogP contribution in [0.4, 0.5) is 0 Å². The van der Waals surface area contributed by atoms with Crippen LogP contribution in [0.1, 0.15) is 36.1 Å². The van der Waals surface area contributed by atoms with E-state index in [1.807, 2.05) is 38.1 Å². The van der Waals surface area contributed by atoms with Crippen LogP contribution in [0.25, 0.3) is 0 Å². The minimum Gasteiger partial charge on any atom is -0.467 e. The molecule has 0 amide bonds. The van der Waals surface area contributed by atoms with E-state index in [0.29, 0.717) is 11.5 Å². The highest BCUT2D eigenvalue weighted by atomic mass is 16.6. The van der Waals surface area contributed by atoms with Gasteiger partial charge < -0.3 is 19.7 Å². The normalized spacial score (nSPS) is 11.4. The summed E-state index contributed by atoms with van der Waals surface area (Å²) in [6.07, 6.45) is 0. The lowest BCUT2D eigenvalue weighted by atomic mass is 9.77. The molecule has 0 saturated carbocycles. The molecular weight excluding hydrogens is 292 g/mol. The van der Waals surface area contributed by atoms with Crippen LogP contribution in [0.3, 0.4) is 0 Å². The molecule has 0 aliphatic heterocycles. The summed E-state index contributed by atoms with van der Waals surface area (Å²) in [6.45, 7) is 7.61. The number of aryl methyl sites for hydroxylation is 2. The van der Waals surface area contributed by atoms with Gasteiger partial charge in [0.1, 0.15) is 11.5 Å². The lowest BCUT2D eigenvalue weighted by Gasteiger charge is -2.27. The van der Waals surface area contributed by atoms with Gasteiger partial charge in [-0.1, -0.05) is 38.1 Å². The van der Waals surface area contributed by atoms with Crippen molar-refractivity contribution in [2.24, 2.45) is 0 Å². The third-order valence-corrected chi connectivity index (χ3v) is 4.23. The number of aliphatic hydroxyl groups is 2. The van der Waals surface area contributed by atoms with E-state index in [1.54, 1.807) is 0 Å². The fourth-order valence-electron chi connectivity index (χ4n) is 2.71. The van der Waals surface area contributed by atoms with Crippen molar-refractivity contribution >= 4 is 0 Å². The van der Waals surface area contributed by atoms with Gasteiger partial charge in [0.15, 0.2) is 13.6 Å². The van der Waals surface area contributed by atoms with Gasteiger partial charge in [0.05, 0.1) is 0 Å². The van der Waals surface area contributed by atoms with Crippen LogP contribution >= 0.6 is 0 Å². The van der Waals surface area contributed by atoms with Crippen LogP contribution in [0, 0.1) is 13.8 Å². The molecule has 2 aromatic rings. The summed E-state index contributed by atoms with van der Waals surface area (Å²) >= 11 is 0. The second-order valence-electron chi connectivity index (χ2n) is 6.13. The maximum atomic E-state index is 8.90. The van der Waals surface area contributed by atoms with Crippen LogP contribution in [0.2, 0.25) is 0 Å². The monoisotopic (exact) mass is 316 g/mol. The quantitative estimate of drug-likeness (QED) is 0.803. The molecule has 0 aliphatic rings. The number of ether oxygens (including phenoxy) is 2. The molecule has 0 aromatic heterocycles. The Labute approximate surface area is 137 Å². The van der Waals surface area contributed by atoms with Gasteiger partial charge in [-0.25, -0.2) is 0 Å². The minimum absolute atomic E-state index is 0.189. The maximum absolute atomic E-state index is 8.90. The first-order chi connectivity index (χ1) is 10.9. The smallest absolute Gasteiger partial charge is 0.186 e. The van der Waals surface area contributed by atoms with Gasteiger partial charge in [-0.2, -0.15) is 0 Å².